The van der Waals surface area contributed by atoms with E-state index in [-0.39, 0.29) is 18.2 Å². The molecule has 2 N–H and O–H groups in total. The number of carbonyl (C=O) groups is 1. The number of aliphatic hydroxyl groups excluding tert-OH is 1. The van der Waals surface area contributed by atoms with Crippen LogP contribution < -0.4 is 5.32 Å². The van der Waals surface area contributed by atoms with Gasteiger partial charge in [0, 0.05) is 22.6 Å². The third kappa shape index (κ3) is 4.36. The predicted octanol–water partition coefficient (Wildman–Crippen LogP) is 3.25. The number of hydrogen-bond acceptors (Lipinski definition) is 4. The SMILES string of the molecule is O=C(NCc1ccc(Cl)cc1)[C@@H]1C[C@@H](O)CN1C1OC1c1cccc(Br)c1. The topological polar surface area (TPSA) is 65.1 Å². The van der Waals surface area contributed by atoms with Crippen molar-refractivity contribution in [1.82, 2.24) is 10.2 Å². The van der Waals surface area contributed by atoms with E-state index in [2.05, 4.69) is 21.2 Å². The average Bonchev–Trinajstić information content (AvgIpc) is 3.36. The van der Waals surface area contributed by atoms with E-state index in [4.69, 9.17) is 16.3 Å². The van der Waals surface area contributed by atoms with Crippen LogP contribution >= 0.6 is 27.5 Å². The fourth-order valence-electron chi connectivity index (χ4n) is 3.57. The van der Waals surface area contributed by atoms with Gasteiger partial charge in [-0.15, -0.1) is 0 Å². The highest BCUT2D eigenvalue weighted by molar-refractivity contribution is 9.10. The van der Waals surface area contributed by atoms with Crippen LogP contribution in [0.15, 0.2) is 53.0 Å². The summed E-state index contributed by atoms with van der Waals surface area (Å²) in [4.78, 5) is 14.7. The smallest absolute Gasteiger partial charge is 0.237 e. The van der Waals surface area contributed by atoms with E-state index in [0.29, 0.717) is 24.5 Å². The minimum Gasteiger partial charge on any atom is -0.392 e. The van der Waals surface area contributed by atoms with E-state index in [1.54, 1.807) is 12.1 Å². The van der Waals surface area contributed by atoms with Crippen LogP contribution in [-0.2, 0) is 16.1 Å². The lowest BCUT2D eigenvalue weighted by atomic mass is 10.1. The molecule has 1 amide bonds. The monoisotopic (exact) mass is 450 g/mol. The molecule has 2 aromatic carbocycles. The lowest BCUT2D eigenvalue weighted by Gasteiger charge is -2.21. The maximum Gasteiger partial charge on any atom is 0.237 e. The van der Waals surface area contributed by atoms with Gasteiger partial charge < -0.3 is 15.2 Å². The third-order valence-corrected chi connectivity index (χ3v) is 5.72. The molecular weight excluding hydrogens is 432 g/mol. The maximum absolute atomic E-state index is 12.7. The van der Waals surface area contributed by atoms with Crippen LogP contribution in [0.3, 0.4) is 0 Å². The summed E-state index contributed by atoms with van der Waals surface area (Å²) in [6, 6.07) is 14.9. The molecule has 0 radical (unpaired) electrons. The van der Waals surface area contributed by atoms with Gasteiger partial charge in [-0.2, -0.15) is 0 Å². The Kier molecular flexibility index (Phi) is 5.53. The molecule has 2 heterocycles. The largest absolute Gasteiger partial charge is 0.392 e. The Morgan fingerprint density at radius 1 is 1.30 bits per heavy atom. The molecule has 0 bridgehead atoms. The van der Waals surface area contributed by atoms with Crippen molar-refractivity contribution in [2.45, 2.75) is 37.4 Å². The van der Waals surface area contributed by atoms with E-state index >= 15 is 0 Å². The van der Waals surface area contributed by atoms with Crippen molar-refractivity contribution in [2.24, 2.45) is 0 Å². The van der Waals surface area contributed by atoms with Crippen molar-refractivity contribution in [1.29, 1.82) is 0 Å². The summed E-state index contributed by atoms with van der Waals surface area (Å²) in [7, 11) is 0. The number of hydrogen-bond donors (Lipinski definition) is 2. The quantitative estimate of drug-likeness (QED) is 0.685. The number of likely N-dealkylation sites (tertiary alicyclic amines) is 1. The minimum atomic E-state index is -0.524. The van der Waals surface area contributed by atoms with Crippen LogP contribution in [0.4, 0.5) is 0 Å². The van der Waals surface area contributed by atoms with Crippen LogP contribution in [0, 0.1) is 0 Å². The number of nitrogens with one attached hydrogen (secondary N) is 1. The molecule has 2 unspecified atom stereocenters. The Labute approximate surface area is 171 Å². The Bertz CT molecular complexity index is 832. The van der Waals surface area contributed by atoms with Crippen molar-refractivity contribution in [3.8, 4) is 0 Å². The second-order valence-corrected chi connectivity index (χ2v) is 8.30. The molecule has 2 aliphatic rings. The molecule has 0 aromatic heterocycles. The standard InChI is InChI=1S/C20H20BrClN2O3/c21-14-3-1-2-13(8-14)18-20(27-18)24-11-16(25)9-17(24)19(26)23-10-12-4-6-15(22)7-5-12/h1-8,16-18,20,25H,9-11H2,(H,23,26)/t16-,17+,18?,20?/m1/s1. The Morgan fingerprint density at radius 2 is 2.07 bits per heavy atom. The van der Waals surface area contributed by atoms with Gasteiger partial charge in [-0.1, -0.05) is 51.8 Å². The van der Waals surface area contributed by atoms with Crippen molar-refractivity contribution in [3.05, 3.63) is 69.2 Å². The molecular formula is C20H20BrClN2O3. The number of carbonyl (C=O) groups excluding carboxylic acids is 1. The number of epoxide rings is 1. The lowest BCUT2D eigenvalue weighted by molar-refractivity contribution is -0.126. The zero-order chi connectivity index (χ0) is 19.0. The number of amides is 1. The van der Waals surface area contributed by atoms with Crippen molar-refractivity contribution >= 4 is 33.4 Å². The third-order valence-electron chi connectivity index (χ3n) is 4.97. The molecule has 142 valence electrons. The number of β-amino-alcohol motifs (C(OH)–C–C–N with tert-alkyl or cyclic N) is 1. The summed E-state index contributed by atoms with van der Waals surface area (Å²) in [5.74, 6) is -0.0926. The van der Waals surface area contributed by atoms with E-state index in [9.17, 15) is 9.90 Å². The second kappa shape index (κ2) is 7.89. The van der Waals surface area contributed by atoms with Gasteiger partial charge in [0.1, 0.15) is 12.3 Å². The van der Waals surface area contributed by atoms with E-state index < -0.39 is 12.1 Å². The van der Waals surface area contributed by atoms with Gasteiger partial charge in [0.2, 0.25) is 5.91 Å². The lowest BCUT2D eigenvalue weighted by Crippen LogP contribution is -2.44. The summed E-state index contributed by atoms with van der Waals surface area (Å²) in [5.41, 5.74) is 2.05. The highest BCUT2D eigenvalue weighted by Crippen LogP contribution is 2.44. The summed E-state index contributed by atoms with van der Waals surface area (Å²) >= 11 is 9.36. The van der Waals surface area contributed by atoms with Gasteiger partial charge in [0.25, 0.3) is 0 Å². The summed E-state index contributed by atoms with van der Waals surface area (Å²) in [6.45, 7) is 0.866. The van der Waals surface area contributed by atoms with Gasteiger partial charge in [0.15, 0.2) is 0 Å². The molecule has 2 fully saturated rings. The molecule has 0 saturated carbocycles. The Morgan fingerprint density at radius 3 is 2.81 bits per heavy atom. The van der Waals surface area contributed by atoms with Crippen LogP contribution in [0.1, 0.15) is 23.7 Å². The number of nitrogens with zero attached hydrogens (tertiary/aromatic N) is 1. The van der Waals surface area contributed by atoms with Gasteiger partial charge in [-0.05, 0) is 41.8 Å². The highest BCUT2D eigenvalue weighted by Gasteiger charge is 2.51. The van der Waals surface area contributed by atoms with E-state index in [0.717, 1.165) is 15.6 Å². The van der Waals surface area contributed by atoms with Crippen molar-refractivity contribution in [2.75, 3.05) is 6.54 Å². The number of halogens is 2. The number of ether oxygens (including phenoxy) is 1. The van der Waals surface area contributed by atoms with E-state index in [1.165, 1.54) is 0 Å². The zero-order valence-corrected chi connectivity index (χ0v) is 16.9. The van der Waals surface area contributed by atoms with Crippen molar-refractivity contribution in [3.63, 3.8) is 0 Å². The molecule has 27 heavy (non-hydrogen) atoms. The first kappa shape index (κ1) is 18.9. The number of benzene rings is 2. The van der Waals surface area contributed by atoms with E-state index in [1.807, 2.05) is 41.3 Å². The first-order valence-electron chi connectivity index (χ1n) is 8.88. The van der Waals surface area contributed by atoms with Gasteiger partial charge in [-0.25, -0.2) is 0 Å². The molecule has 4 rings (SSSR count). The van der Waals surface area contributed by atoms with Gasteiger partial charge in [-0.3, -0.25) is 9.69 Å². The second-order valence-electron chi connectivity index (χ2n) is 6.95. The Balaban J connectivity index is 1.39. The first-order chi connectivity index (χ1) is 13.0. The highest BCUT2D eigenvalue weighted by atomic mass is 79.9. The van der Waals surface area contributed by atoms with Crippen molar-refractivity contribution < 1.29 is 14.6 Å². The molecule has 2 aliphatic heterocycles. The molecule has 2 aromatic rings. The molecule has 5 nitrogen and oxygen atoms in total. The van der Waals surface area contributed by atoms with Gasteiger partial charge in [0.05, 0.1) is 12.1 Å². The molecule has 7 heteroatoms. The molecule has 4 atom stereocenters. The maximum atomic E-state index is 12.7. The normalized spacial score (nSPS) is 27.5. The first-order valence-corrected chi connectivity index (χ1v) is 10.1. The average molecular weight is 452 g/mol. The fraction of sp³-hybridized carbons (Fsp3) is 0.350. The zero-order valence-electron chi connectivity index (χ0n) is 14.5. The number of aliphatic hydroxyl groups is 1. The molecule has 2 saturated heterocycles. The summed E-state index contributed by atoms with van der Waals surface area (Å²) < 4.78 is 6.84. The molecule has 0 spiro atoms. The van der Waals surface area contributed by atoms with Crippen LogP contribution in [0.2, 0.25) is 5.02 Å². The number of rotatable bonds is 5. The van der Waals surface area contributed by atoms with Crippen LogP contribution in [0.25, 0.3) is 0 Å². The van der Waals surface area contributed by atoms with Gasteiger partial charge >= 0.3 is 0 Å². The summed E-state index contributed by atoms with van der Waals surface area (Å²) in [6.07, 6.45) is -0.358. The summed E-state index contributed by atoms with van der Waals surface area (Å²) in [5, 5.41) is 13.7. The fourth-order valence-corrected chi connectivity index (χ4v) is 4.11. The van der Waals surface area contributed by atoms with Crippen LogP contribution in [-0.4, -0.2) is 40.8 Å². The molecule has 0 aliphatic carbocycles. The Hall–Kier alpha value is -1.44. The predicted molar refractivity (Wildman–Crippen MR) is 106 cm³/mol. The van der Waals surface area contributed by atoms with Crippen LogP contribution in [0.5, 0.6) is 0 Å². The minimum absolute atomic E-state index is 0.0700.